The smallest absolute Gasteiger partial charge is 0.255 e. The van der Waals surface area contributed by atoms with E-state index < -0.39 is 0 Å². The highest BCUT2D eigenvalue weighted by Gasteiger charge is 2.49. The molecule has 0 aromatic heterocycles. The minimum Gasteiger partial charge on any atom is -0.326 e. The van der Waals surface area contributed by atoms with Gasteiger partial charge in [-0.2, -0.15) is 0 Å². The minimum absolute atomic E-state index is 0. The second-order valence-corrected chi connectivity index (χ2v) is 7.58. The van der Waals surface area contributed by atoms with Crippen LogP contribution in [0, 0.1) is 11.3 Å². The van der Waals surface area contributed by atoms with Gasteiger partial charge in [-0.3, -0.25) is 9.59 Å². The van der Waals surface area contributed by atoms with Crippen LogP contribution in [0.5, 0.6) is 0 Å². The van der Waals surface area contributed by atoms with Gasteiger partial charge in [0.2, 0.25) is 5.91 Å². The summed E-state index contributed by atoms with van der Waals surface area (Å²) in [6.07, 6.45) is 4.41. The average molecular weight is 400 g/mol. The second-order valence-electron chi connectivity index (χ2n) is 7.58. The summed E-state index contributed by atoms with van der Waals surface area (Å²) >= 11 is 0. The molecule has 2 aromatic carbocycles. The molecular formula is C22H26ClN3O2. The molecule has 4 rings (SSSR count). The van der Waals surface area contributed by atoms with Crippen molar-refractivity contribution in [1.82, 2.24) is 5.32 Å². The maximum atomic E-state index is 13.0. The number of fused-ring (bicyclic) bond motifs is 1. The number of hydrogen-bond acceptors (Lipinski definition) is 3. The van der Waals surface area contributed by atoms with Gasteiger partial charge in [0.05, 0.1) is 5.41 Å². The first kappa shape index (κ1) is 20.4. The third-order valence-electron chi connectivity index (χ3n) is 5.93. The average Bonchev–Trinajstić information content (AvgIpc) is 3.15. The summed E-state index contributed by atoms with van der Waals surface area (Å²) in [4.78, 5) is 25.3. The summed E-state index contributed by atoms with van der Waals surface area (Å²) in [6.45, 7) is 1.70. The Morgan fingerprint density at radius 3 is 2.39 bits per heavy atom. The third kappa shape index (κ3) is 4.05. The van der Waals surface area contributed by atoms with Crippen LogP contribution >= 0.6 is 12.4 Å². The largest absolute Gasteiger partial charge is 0.326 e. The molecule has 0 unspecified atom stereocenters. The van der Waals surface area contributed by atoms with Crippen molar-refractivity contribution in [2.75, 3.05) is 23.7 Å². The highest BCUT2D eigenvalue weighted by atomic mass is 35.5. The Balaban J connectivity index is 0.00000225. The molecule has 6 heteroatoms. The molecule has 0 bridgehead atoms. The van der Waals surface area contributed by atoms with Crippen molar-refractivity contribution in [3.05, 3.63) is 60.2 Å². The SMILES string of the molecule is Cl.O=C(Nc1ccccc1)c1ccc(NC(=O)[C@@]23CCCC[C@H]2CNC3)cc1. The number of para-hydroxylation sites is 1. The highest BCUT2D eigenvalue weighted by Crippen LogP contribution is 2.44. The Labute approximate surface area is 171 Å². The number of carbonyl (C=O) groups is 2. The van der Waals surface area contributed by atoms with Gasteiger partial charge < -0.3 is 16.0 Å². The normalized spacial score (nSPS) is 23.2. The fourth-order valence-corrected chi connectivity index (χ4v) is 4.38. The van der Waals surface area contributed by atoms with Crippen molar-refractivity contribution >= 4 is 35.6 Å². The maximum absolute atomic E-state index is 13.0. The molecule has 0 radical (unpaired) electrons. The molecule has 2 atom stereocenters. The molecule has 1 saturated heterocycles. The van der Waals surface area contributed by atoms with Crippen LogP contribution in [0.25, 0.3) is 0 Å². The van der Waals surface area contributed by atoms with Crippen molar-refractivity contribution in [1.29, 1.82) is 0 Å². The van der Waals surface area contributed by atoms with Gasteiger partial charge in [-0.1, -0.05) is 31.0 Å². The Hall–Kier alpha value is -2.37. The first-order chi connectivity index (χ1) is 13.2. The predicted octanol–water partition coefficient (Wildman–Crippen LogP) is 4.08. The van der Waals surface area contributed by atoms with E-state index in [0.717, 1.165) is 43.7 Å². The Kier molecular flexibility index (Phi) is 6.37. The van der Waals surface area contributed by atoms with Crippen LogP contribution < -0.4 is 16.0 Å². The molecular weight excluding hydrogens is 374 g/mol. The fraction of sp³-hybridized carbons (Fsp3) is 0.364. The van der Waals surface area contributed by atoms with Crippen molar-refractivity contribution in [3.8, 4) is 0 Å². The van der Waals surface area contributed by atoms with Crippen LogP contribution in [0.3, 0.4) is 0 Å². The fourth-order valence-electron chi connectivity index (χ4n) is 4.38. The lowest BCUT2D eigenvalue weighted by Gasteiger charge is -2.37. The van der Waals surface area contributed by atoms with E-state index in [2.05, 4.69) is 16.0 Å². The van der Waals surface area contributed by atoms with E-state index in [1.165, 1.54) is 6.42 Å². The number of hydrogen-bond donors (Lipinski definition) is 3. The van der Waals surface area contributed by atoms with E-state index in [0.29, 0.717) is 11.5 Å². The Bertz CT molecular complexity index is 825. The van der Waals surface area contributed by atoms with E-state index in [9.17, 15) is 9.59 Å². The predicted molar refractivity (Wildman–Crippen MR) is 114 cm³/mol. The van der Waals surface area contributed by atoms with E-state index >= 15 is 0 Å². The molecule has 1 saturated carbocycles. The summed E-state index contributed by atoms with van der Waals surface area (Å²) < 4.78 is 0. The van der Waals surface area contributed by atoms with Gasteiger partial charge >= 0.3 is 0 Å². The zero-order valence-electron chi connectivity index (χ0n) is 15.7. The van der Waals surface area contributed by atoms with E-state index in [4.69, 9.17) is 0 Å². The summed E-state index contributed by atoms with van der Waals surface area (Å²) in [6, 6.07) is 16.5. The van der Waals surface area contributed by atoms with E-state index in [1.54, 1.807) is 24.3 Å². The van der Waals surface area contributed by atoms with Crippen LogP contribution in [0.15, 0.2) is 54.6 Å². The van der Waals surface area contributed by atoms with Crippen LogP contribution in [0.2, 0.25) is 0 Å². The molecule has 2 aliphatic rings. The monoisotopic (exact) mass is 399 g/mol. The van der Waals surface area contributed by atoms with Gasteiger partial charge in [-0.25, -0.2) is 0 Å². The van der Waals surface area contributed by atoms with Crippen molar-refractivity contribution < 1.29 is 9.59 Å². The number of amides is 2. The lowest BCUT2D eigenvalue weighted by atomic mass is 9.67. The van der Waals surface area contributed by atoms with Crippen LogP contribution in [-0.4, -0.2) is 24.9 Å². The first-order valence-electron chi connectivity index (χ1n) is 9.66. The summed E-state index contributed by atoms with van der Waals surface area (Å²) in [5.41, 5.74) is 1.78. The van der Waals surface area contributed by atoms with Gasteiger partial charge in [0.1, 0.15) is 0 Å². The lowest BCUT2D eigenvalue weighted by molar-refractivity contribution is -0.128. The molecule has 0 spiro atoms. The molecule has 2 amide bonds. The van der Waals surface area contributed by atoms with Gasteiger partial charge in [0.25, 0.3) is 5.91 Å². The molecule has 5 nitrogen and oxygen atoms in total. The molecule has 148 valence electrons. The molecule has 1 heterocycles. The quantitative estimate of drug-likeness (QED) is 0.725. The van der Waals surface area contributed by atoms with Crippen LogP contribution in [0.4, 0.5) is 11.4 Å². The number of anilines is 2. The molecule has 2 aromatic rings. The van der Waals surface area contributed by atoms with Crippen molar-refractivity contribution in [2.45, 2.75) is 25.7 Å². The van der Waals surface area contributed by atoms with E-state index in [1.807, 2.05) is 30.3 Å². The topological polar surface area (TPSA) is 70.2 Å². The lowest BCUT2D eigenvalue weighted by Crippen LogP contribution is -2.44. The van der Waals surface area contributed by atoms with Crippen LogP contribution in [-0.2, 0) is 4.79 Å². The zero-order valence-corrected chi connectivity index (χ0v) is 16.6. The number of carbonyl (C=O) groups excluding carboxylic acids is 2. The highest BCUT2D eigenvalue weighted by molar-refractivity contribution is 6.04. The van der Waals surface area contributed by atoms with Crippen LogP contribution in [0.1, 0.15) is 36.0 Å². The van der Waals surface area contributed by atoms with E-state index in [-0.39, 0.29) is 29.6 Å². The number of nitrogens with one attached hydrogen (secondary N) is 3. The molecule has 2 fully saturated rings. The van der Waals surface area contributed by atoms with Crippen molar-refractivity contribution in [2.24, 2.45) is 11.3 Å². The zero-order chi connectivity index (χ0) is 18.7. The summed E-state index contributed by atoms with van der Waals surface area (Å²) in [5.74, 6) is 0.380. The van der Waals surface area contributed by atoms with Gasteiger partial charge in [-0.05, 0) is 61.7 Å². The first-order valence-corrected chi connectivity index (χ1v) is 9.66. The van der Waals surface area contributed by atoms with Gasteiger partial charge in [0.15, 0.2) is 0 Å². The molecule has 28 heavy (non-hydrogen) atoms. The minimum atomic E-state index is -0.276. The molecule has 1 aliphatic heterocycles. The summed E-state index contributed by atoms with van der Waals surface area (Å²) in [7, 11) is 0. The standard InChI is InChI=1S/C22H25N3O2.ClH/c26-20(24-18-7-2-1-3-8-18)16-9-11-19(12-10-16)25-21(27)22-13-5-4-6-17(22)14-23-15-22;/h1-3,7-12,17,23H,4-6,13-15H2,(H,24,26)(H,25,27);1H/t17-,22+;/m0./s1. The number of benzene rings is 2. The molecule has 3 N–H and O–H groups in total. The number of rotatable bonds is 4. The third-order valence-corrected chi connectivity index (χ3v) is 5.93. The maximum Gasteiger partial charge on any atom is 0.255 e. The second kappa shape index (κ2) is 8.76. The summed E-state index contributed by atoms with van der Waals surface area (Å²) in [5, 5.41) is 9.35. The molecule has 1 aliphatic carbocycles. The van der Waals surface area contributed by atoms with Crippen molar-refractivity contribution in [3.63, 3.8) is 0 Å². The van der Waals surface area contributed by atoms with Gasteiger partial charge in [-0.15, -0.1) is 12.4 Å². The van der Waals surface area contributed by atoms with Gasteiger partial charge in [0, 0.05) is 23.5 Å². The number of halogens is 1. The Morgan fingerprint density at radius 1 is 0.929 bits per heavy atom. The Morgan fingerprint density at radius 2 is 1.64 bits per heavy atom.